The Morgan fingerprint density at radius 1 is 0.618 bits per heavy atom. The van der Waals surface area contributed by atoms with Crippen molar-refractivity contribution in [3.8, 4) is 0 Å². The third-order valence-corrected chi connectivity index (χ3v) is 10.6. The quantitative estimate of drug-likeness (QED) is 0.351. The SMILES string of the molecule is NC(CSSCC(N)C(=O)N1CCC(N2CCCC2)CC1)C(=O)N1CCC(N2CCCC2)CC1. The maximum Gasteiger partial charge on any atom is 0.240 e. The van der Waals surface area contributed by atoms with Crippen molar-refractivity contribution in [2.75, 3.05) is 63.9 Å². The summed E-state index contributed by atoms with van der Waals surface area (Å²) in [6, 6.07) is 0.297. The number of amides is 2. The summed E-state index contributed by atoms with van der Waals surface area (Å²) in [7, 11) is 3.13. The van der Waals surface area contributed by atoms with E-state index in [9.17, 15) is 9.59 Å². The summed E-state index contributed by atoms with van der Waals surface area (Å²) in [4.78, 5) is 34.6. The number of piperidine rings is 2. The van der Waals surface area contributed by atoms with Crippen LogP contribution >= 0.6 is 21.6 Å². The number of likely N-dealkylation sites (tertiary alicyclic amines) is 4. The molecule has 4 rings (SSSR count). The molecule has 0 aliphatic carbocycles. The van der Waals surface area contributed by atoms with Crippen LogP contribution in [0.25, 0.3) is 0 Å². The van der Waals surface area contributed by atoms with Gasteiger partial charge in [-0.2, -0.15) is 0 Å². The molecule has 4 aliphatic heterocycles. The van der Waals surface area contributed by atoms with E-state index >= 15 is 0 Å². The molecule has 0 aromatic heterocycles. The van der Waals surface area contributed by atoms with Gasteiger partial charge in [-0.1, -0.05) is 21.6 Å². The van der Waals surface area contributed by atoms with E-state index in [-0.39, 0.29) is 11.8 Å². The molecule has 0 aromatic carbocycles. The largest absolute Gasteiger partial charge is 0.341 e. The van der Waals surface area contributed by atoms with Crippen molar-refractivity contribution in [1.82, 2.24) is 19.6 Å². The standard InChI is InChI=1S/C24H44N6O2S2/c25-21(23(31)29-13-5-19(6-14-29)27-9-1-2-10-27)17-33-34-18-22(26)24(32)30-15-7-20(8-16-30)28-11-3-4-12-28/h19-22H,1-18,25-26H2. The molecule has 2 amide bonds. The van der Waals surface area contributed by atoms with E-state index in [1.54, 1.807) is 21.6 Å². The van der Waals surface area contributed by atoms with Crippen LogP contribution in [-0.4, -0.2) is 119 Å². The normalized spacial score (nSPS) is 25.7. The third kappa shape index (κ3) is 7.03. The zero-order valence-electron chi connectivity index (χ0n) is 20.6. The van der Waals surface area contributed by atoms with E-state index < -0.39 is 12.1 Å². The predicted molar refractivity (Wildman–Crippen MR) is 142 cm³/mol. The molecule has 0 spiro atoms. The smallest absolute Gasteiger partial charge is 0.240 e. The van der Waals surface area contributed by atoms with Crippen LogP contribution in [0.4, 0.5) is 0 Å². The summed E-state index contributed by atoms with van der Waals surface area (Å²) in [5.74, 6) is 1.23. The van der Waals surface area contributed by atoms with Crippen molar-refractivity contribution in [1.29, 1.82) is 0 Å². The van der Waals surface area contributed by atoms with Gasteiger partial charge in [-0.3, -0.25) is 9.59 Å². The van der Waals surface area contributed by atoms with Crippen LogP contribution in [0.3, 0.4) is 0 Å². The lowest BCUT2D eigenvalue weighted by molar-refractivity contribution is -0.134. The van der Waals surface area contributed by atoms with Crippen molar-refractivity contribution in [2.45, 2.75) is 75.5 Å². The molecule has 0 aromatic rings. The van der Waals surface area contributed by atoms with Gasteiger partial charge in [0.2, 0.25) is 11.8 Å². The Morgan fingerprint density at radius 2 is 0.941 bits per heavy atom. The Balaban J connectivity index is 1.08. The zero-order chi connectivity index (χ0) is 23.9. The number of nitrogens with two attached hydrogens (primary N) is 2. The van der Waals surface area contributed by atoms with E-state index in [2.05, 4.69) is 9.80 Å². The zero-order valence-corrected chi connectivity index (χ0v) is 22.2. The maximum absolute atomic E-state index is 12.8. The van der Waals surface area contributed by atoms with Gasteiger partial charge in [0.1, 0.15) is 0 Å². The number of rotatable bonds is 9. The molecule has 4 N–H and O–H groups in total. The molecule has 4 fully saturated rings. The molecule has 2 unspecified atom stereocenters. The first-order valence-corrected chi connectivity index (χ1v) is 15.8. The van der Waals surface area contributed by atoms with Crippen LogP contribution in [0.2, 0.25) is 0 Å². The molecule has 0 saturated carbocycles. The minimum absolute atomic E-state index is 0.0641. The van der Waals surface area contributed by atoms with Gasteiger partial charge in [-0.25, -0.2) is 0 Å². The van der Waals surface area contributed by atoms with Crippen molar-refractivity contribution in [3.63, 3.8) is 0 Å². The summed E-state index contributed by atoms with van der Waals surface area (Å²) in [5.41, 5.74) is 12.4. The van der Waals surface area contributed by atoms with Gasteiger partial charge in [0.05, 0.1) is 12.1 Å². The molecule has 4 heterocycles. The molecule has 194 valence electrons. The van der Waals surface area contributed by atoms with Gasteiger partial charge in [0.15, 0.2) is 0 Å². The van der Waals surface area contributed by atoms with Gasteiger partial charge in [-0.05, 0) is 77.5 Å². The molecule has 0 radical (unpaired) electrons. The molecule has 10 heteroatoms. The lowest BCUT2D eigenvalue weighted by Gasteiger charge is -2.37. The fraction of sp³-hybridized carbons (Fsp3) is 0.917. The molecule has 4 aliphatic rings. The van der Waals surface area contributed by atoms with Crippen LogP contribution < -0.4 is 11.5 Å². The first-order chi connectivity index (χ1) is 16.5. The first-order valence-electron chi connectivity index (χ1n) is 13.3. The van der Waals surface area contributed by atoms with E-state index in [4.69, 9.17) is 11.5 Å². The maximum atomic E-state index is 12.8. The number of carbonyl (C=O) groups excluding carboxylic acids is 2. The van der Waals surface area contributed by atoms with E-state index in [1.165, 1.54) is 51.9 Å². The highest BCUT2D eigenvalue weighted by molar-refractivity contribution is 8.76. The number of hydrogen-bond donors (Lipinski definition) is 2. The average Bonchev–Trinajstić information content (AvgIpc) is 3.60. The number of nitrogens with zero attached hydrogens (tertiary/aromatic N) is 4. The van der Waals surface area contributed by atoms with Crippen LogP contribution in [0.5, 0.6) is 0 Å². The van der Waals surface area contributed by atoms with Gasteiger partial charge in [0, 0.05) is 49.8 Å². The van der Waals surface area contributed by atoms with Crippen LogP contribution in [0.15, 0.2) is 0 Å². The third-order valence-electron chi connectivity index (χ3n) is 8.08. The van der Waals surface area contributed by atoms with Crippen molar-refractivity contribution < 1.29 is 9.59 Å². The Kier molecular flexibility index (Phi) is 10.3. The Hall–Kier alpha value is -0.520. The van der Waals surface area contributed by atoms with Crippen molar-refractivity contribution >= 4 is 33.4 Å². The lowest BCUT2D eigenvalue weighted by atomic mass is 10.0. The molecule has 8 nitrogen and oxygen atoms in total. The summed E-state index contributed by atoms with van der Waals surface area (Å²) >= 11 is 0. The fourth-order valence-corrected chi connectivity index (χ4v) is 8.20. The second kappa shape index (κ2) is 13.1. The highest BCUT2D eigenvalue weighted by atomic mass is 33.1. The van der Waals surface area contributed by atoms with Crippen molar-refractivity contribution in [3.05, 3.63) is 0 Å². The first kappa shape index (κ1) is 26.5. The second-order valence-corrected chi connectivity index (χ2v) is 12.9. The molecular formula is C24H44N6O2S2. The Labute approximate surface area is 213 Å². The second-order valence-electron chi connectivity index (χ2n) is 10.4. The average molecular weight is 513 g/mol. The number of carbonyl (C=O) groups is 2. The molecular weight excluding hydrogens is 468 g/mol. The Morgan fingerprint density at radius 3 is 1.26 bits per heavy atom. The van der Waals surface area contributed by atoms with Gasteiger partial charge in [-0.15, -0.1) is 0 Å². The highest BCUT2D eigenvalue weighted by Crippen LogP contribution is 2.26. The van der Waals surface area contributed by atoms with Gasteiger partial charge in [0.25, 0.3) is 0 Å². The fourth-order valence-electron chi connectivity index (χ4n) is 5.97. The van der Waals surface area contributed by atoms with Crippen molar-refractivity contribution in [2.24, 2.45) is 11.5 Å². The lowest BCUT2D eigenvalue weighted by Crippen LogP contribution is -2.51. The van der Waals surface area contributed by atoms with Crippen LogP contribution in [0.1, 0.15) is 51.4 Å². The van der Waals surface area contributed by atoms with Gasteiger partial charge < -0.3 is 31.1 Å². The van der Waals surface area contributed by atoms with E-state index in [0.717, 1.165) is 51.9 Å². The Bertz CT molecular complexity index is 602. The monoisotopic (exact) mass is 512 g/mol. The summed E-state index contributed by atoms with van der Waals surface area (Å²) < 4.78 is 0. The van der Waals surface area contributed by atoms with E-state index in [0.29, 0.717) is 23.6 Å². The van der Waals surface area contributed by atoms with Crippen LogP contribution in [0, 0.1) is 0 Å². The summed E-state index contributed by atoms with van der Waals surface area (Å²) in [6.45, 7) is 8.14. The van der Waals surface area contributed by atoms with E-state index in [1.807, 2.05) is 9.80 Å². The van der Waals surface area contributed by atoms with Crippen LogP contribution in [-0.2, 0) is 9.59 Å². The molecule has 4 saturated heterocycles. The number of hydrogen-bond acceptors (Lipinski definition) is 8. The topological polar surface area (TPSA) is 99.1 Å². The summed E-state index contributed by atoms with van der Waals surface area (Å²) in [5, 5.41) is 0. The van der Waals surface area contributed by atoms with Gasteiger partial charge >= 0.3 is 0 Å². The molecule has 0 bridgehead atoms. The molecule has 34 heavy (non-hydrogen) atoms. The minimum atomic E-state index is -0.489. The molecule has 2 atom stereocenters. The summed E-state index contributed by atoms with van der Waals surface area (Å²) in [6.07, 6.45) is 9.49. The minimum Gasteiger partial charge on any atom is -0.341 e. The highest BCUT2D eigenvalue weighted by Gasteiger charge is 2.31. The predicted octanol–water partition coefficient (Wildman–Crippen LogP) is 1.20.